The number of hydrogen-bond acceptors (Lipinski definition) is 11. The number of fused-ring (bicyclic) bond motifs is 1. The number of anilines is 2. The fourth-order valence-electron chi connectivity index (χ4n) is 5.43. The summed E-state index contributed by atoms with van der Waals surface area (Å²) in [6.45, 7) is 8.89. The molecule has 2 saturated heterocycles. The van der Waals surface area contributed by atoms with E-state index in [2.05, 4.69) is 41.5 Å². The lowest BCUT2D eigenvalue weighted by Gasteiger charge is -2.31. The second kappa shape index (κ2) is 12.7. The van der Waals surface area contributed by atoms with Crippen LogP contribution in [0.25, 0.3) is 10.9 Å². The van der Waals surface area contributed by atoms with E-state index < -0.39 is 0 Å². The van der Waals surface area contributed by atoms with Gasteiger partial charge in [-0.25, -0.2) is 9.97 Å². The quantitative estimate of drug-likeness (QED) is 0.422. The van der Waals surface area contributed by atoms with Gasteiger partial charge in [-0.15, -0.1) is 0 Å². The second-order valence-corrected chi connectivity index (χ2v) is 10.4. The third kappa shape index (κ3) is 6.84. The van der Waals surface area contributed by atoms with E-state index in [1.165, 1.54) is 0 Å². The second-order valence-electron chi connectivity index (χ2n) is 10.4. The maximum absolute atomic E-state index is 6.50. The number of aromatic nitrogens is 4. The number of piperazine rings is 1. The summed E-state index contributed by atoms with van der Waals surface area (Å²) in [5.74, 6) is 2.93. The zero-order chi connectivity index (χ0) is 26.3. The Balaban J connectivity index is 0.996. The van der Waals surface area contributed by atoms with E-state index in [1.807, 2.05) is 18.3 Å². The molecule has 5 heterocycles. The molecule has 3 aromatic rings. The molecular weight excluding hydrogens is 496 g/mol. The predicted octanol–water partition coefficient (Wildman–Crippen LogP) is 2.34. The Morgan fingerprint density at radius 1 is 1.00 bits per heavy atom. The first-order valence-electron chi connectivity index (χ1n) is 14.2. The molecule has 3 aromatic heterocycles. The zero-order valence-electron chi connectivity index (χ0n) is 22.4. The molecule has 0 spiro atoms. The molecule has 0 unspecified atom stereocenters. The number of hydrogen-bond donors (Lipinski definition) is 2. The van der Waals surface area contributed by atoms with Crippen LogP contribution in [0, 0.1) is 0 Å². The smallest absolute Gasteiger partial charge is 0.225 e. The average Bonchev–Trinajstić information content (AvgIpc) is 3.00. The number of ether oxygens (including phenoxy) is 3. The maximum atomic E-state index is 6.50. The van der Waals surface area contributed by atoms with Crippen LogP contribution in [-0.2, 0) is 4.74 Å². The third-order valence-electron chi connectivity index (χ3n) is 7.69. The van der Waals surface area contributed by atoms with Crippen LogP contribution in [-0.4, -0.2) is 103 Å². The van der Waals surface area contributed by atoms with E-state index in [4.69, 9.17) is 19.2 Å². The molecule has 11 nitrogen and oxygen atoms in total. The number of nitrogens with one attached hydrogen (secondary N) is 2. The van der Waals surface area contributed by atoms with Crippen LogP contribution in [0.4, 0.5) is 11.8 Å². The minimum Gasteiger partial charge on any atom is -0.489 e. The summed E-state index contributed by atoms with van der Waals surface area (Å²) < 4.78 is 17.9. The Bertz CT molecular complexity index is 1190. The van der Waals surface area contributed by atoms with Crippen LogP contribution in [0.5, 0.6) is 11.6 Å². The van der Waals surface area contributed by atoms with Gasteiger partial charge in [0.2, 0.25) is 11.8 Å². The van der Waals surface area contributed by atoms with Crippen LogP contribution in [0.3, 0.4) is 0 Å². The summed E-state index contributed by atoms with van der Waals surface area (Å²) in [6.07, 6.45) is 9.30. The minimum atomic E-state index is 0.117. The lowest BCUT2D eigenvalue weighted by atomic mass is 9.93. The fourth-order valence-corrected chi connectivity index (χ4v) is 5.43. The van der Waals surface area contributed by atoms with Gasteiger partial charge in [0.15, 0.2) is 5.75 Å². The molecule has 208 valence electrons. The Hall–Kier alpha value is -3.28. The van der Waals surface area contributed by atoms with E-state index >= 15 is 0 Å². The summed E-state index contributed by atoms with van der Waals surface area (Å²) >= 11 is 0. The molecular formula is C28H38N8O3. The molecule has 0 amide bonds. The monoisotopic (exact) mass is 534 g/mol. The van der Waals surface area contributed by atoms with Gasteiger partial charge in [0.1, 0.15) is 18.5 Å². The topological polar surface area (TPSA) is 110 Å². The number of pyridine rings is 2. The maximum Gasteiger partial charge on any atom is 0.225 e. The first-order valence-corrected chi connectivity index (χ1v) is 14.2. The van der Waals surface area contributed by atoms with Crippen molar-refractivity contribution in [2.75, 3.05) is 75.9 Å². The van der Waals surface area contributed by atoms with E-state index in [-0.39, 0.29) is 6.10 Å². The van der Waals surface area contributed by atoms with E-state index in [9.17, 15) is 0 Å². The van der Waals surface area contributed by atoms with Gasteiger partial charge in [-0.3, -0.25) is 9.88 Å². The van der Waals surface area contributed by atoms with Crippen molar-refractivity contribution in [2.24, 2.45) is 0 Å². The van der Waals surface area contributed by atoms with Gasteiger partial charge in [0.05, 0.1) is 36.5 Å². The van der Waals surface area contributed by atoms with Crippen molar-refractivity contribution in [3.8, 4) is 11.6 Å². The Morgan fingerprint density at radius 3 is 2.59 bits per heavy atom. The van der Waals surface area contributed by atoms with Crippen molar-refractivity contribution in [3.05, 3.63) is 36.8 Å². The van der Waals surface area contributed by atoms with Crippen LogP contribution in [0.1, 0.15) is 25.7 Å². The van der Waals surface area contributed by atoms with Gasteiger partial charge in [0.25, 0.3) is 0 Å². The molecule has 0 radical (unpaired) electrons. The van der Waals surface area contributed by atoms with Crippen LogP contribution >= 0.6 is 0 Å². The highest BCUT2D eigenvalue weighted by Crippen LogP contribution is 2.31. The van der Waals surface area contributed by atoms with Gasteiger partial charge < -0.3 is 29.7 Å². The Morgan fingerprint density at radius 2 is 1.79 bits per heavy atom. The SMILES string of the molecule is c1cnc2cc(N3CCOCC3)nc(O[C@H]3CC[C@@H](Nc4ncc(OCCN5CCNCC5)cn4)CC3)c2c1. The standard InChI is InChI=1S/C28H38N8O3/c1-2-24-25(30-7-1)18-26(36-13-15-37-16-14-36)34-27(24)39-22-5-3-21(4-6-22)33-28-31-19-23(20-32-28)38-17-12-35-10-8-29-9-11-35/h1-2,7,18-22,29H,3-6,8-17H2,(H,31,32,33)/t21-,22+. The van der Waals surface area contributed by atoms with E-state index in [0.29, 0.717) is 43.4 Å². The average molecular weight is 535 g/mol. The summed E-state index contributed by atoms with van der Waals surface area (Å²) in [7, 11) is 0. The molecule has 0 aromatic carbocycles. The number of rotatable bonds is 9. The molecule has 39 heavy (non-hydrogen) atoms. The summed E-state index contributed by atoms with van der Waals surface area (Å²) in [5.41, 5.74) is 0.910. The molecule has 0 bridgehead atoms. The predicted molar refractivity (Wildman–Crippen MR) is 150 cm³/mol. The fraction of sp³-hybridized carbons (Fsp3) is 0.571. The van der Waals surface area contributed by atoms with Crippen molar-refractivity contribution < 1.29 is 14.2 Å². The zero-order valence-corrected chi connectivity index (χ0v) is 22.4. The highest BCUT2D eigenvalue weighted by molar-refractivity contribution is 5.85. The van der Waals surface area contributed by atoms with Crippen molar-refractivity contribution in [1.82, 2.24) is 30.2 Å². The molecule has 3 fully saturated rings. The number of morpholine rings is 1. The van der Waals surface area contributed by atoms with Gasteiger partial charge in [-0.05, 0) is 37.8 Å². The number of nitrogens with zero attached hydrogens (tertiary/aromatic N) is 6. The lowest BCUT2D eigenvalue weighted by Crippen LogP contribution is -2.44. The summed E-state index contributed by atoms with van der Waals surface area (Å²) in [5, 5.41) is 7.81. The Kier molecular flexibility index (Phi) is 8.47. The van der Waals surface area contributed by atoms with Crippen molar-refractivity contribution in [1.29, 1.82) is 0 Å². The molecule has 6 rings (SSSR count). The van der Waals surface area contributed by atoms with Crippen LogP contribution in [0.15, 0.2) is 36.8 Å². The minimum absolute atomic E-state index is 0.117. The van der Waals surface area contributed by atoms with Crippen molar-refractivity contribution in [3.63, 3.8) is 0 Å². The first kappa shape index (κ1) is 26.0. The van der Waals surface area contributed by atoms with Gasteiger partial charge >= 0.3 is 0 Å². The molecule has 0 atom stereocenters. The van der Waals surface area contributed by atoms with Gasteiger partial charge in [-0.2, -0.15) is 4.98 Å². The molecule has 1 saturated carbocycles. The highest BCUT2D eigenvalue weighted by Gasteiger charge is 2.25. The summed E-state index contributed by atoms with van der Waals surface area (Å²) in [4.78, 5) is 23.1. The lowest BCUT2D eigenvalue weighted by molar-refractivity contribution is 0.122. The molecule has 2 N–H and O–H groups in total. The first-order chi connectivity index (χ1) is 19.3. The van der Waals surface area contributed by atoms with Crippen LogP contribution < -0.4 is 25.0 Å². The van der Waals surface area contributed by atoms with Gasteiger partial charge in [-0.1, -0.05) is 0 Å². The molecule has 2 aliphatic heterocycles. The van der Waals surface area contributed by atoms with Gasteiger partial charge in [0, 0.05) is 64.1 Å². The molecule has 3 aliphatic rings. The van der Waals surface area contributed by atoms with Crippen molar-refractivity contribution in [2.45, 2.75) is 37.8 Å². The largest absolute Gasteiger partial charge is 0.489 e. The van der Waals surface area contributed by atoms with Crippen molar-refractivity contribution >= 4 is 22.7 Å². The van der Waals surface area contributed by atoms with E-state index in [0.717, 1.165) is 88.2 Å². The Labute approximate surface area is 229 Å². The molecule has 1 aliphatic carbocycles. The third-order valence-corrected chi connectivity index (χ3v) is 7.69. The summed E-state index contributed by atoms with van der Waals surface area (Å²) in [6, 6.07) is 6.35. The van der Waals surface area contributed by atoms with Crippen LogP contribution in [0.2, 0.25) is 0 Å². The highest BCUT2D eigenvalue weighted by atomic mass is 16.5. The normalized spacial score (nSPS) is 22.5. The molecule has 11 heteroatoms. The van der Waals surface area contributed by atoms with E-state index in [1.54, 1.807) is 12.4 Å².